The Morgan fingerprint density at radius 1 is 0.889 bits per heavy atom. The van der Waals surface area contributed by atoms with Crippen LogP contribution in [0.3, 0.4) is 0 Å². The van der Waals surface area contributed by atoms with Gasteiger partial charge >= 0.3 is 0 Å². The summed E-state index contributed by atoms with van der Waals surface area (Å²) in [6.07, 6.45) is 0.825. The lowest BCUT2D eigenvalue weighted by Crippen LogP contribution is -2.18. The van der Waals surface area contributed by atoms with Gasteiger partial charge in [-0.05, 0) is 47.5 Å². The number of hydrazone groups is 1. The van der Waals surface area contributed by atoms with Gasteiger partial charge in [-0.1, -0.05) is 42.5 Å². The minimum absolute atomic E-state index is 0.107. The van der Waals surface area contributed by atoms with Gasteiger partial charge in [0.05, 0.1) is 24.6 Å². The Labute approximate surface area is 158 Å². The molecule has 1 aliphatic rings. The summed E-state index contributed by atoms with van der Waals surface area (Å²) in [6, 6.07) is 26.2. The third-order valence-corrected chi connectivity index (χ3v) is 4.76. The second kappa shape index (κ2) is 7.51. The summed E-state index contributed by atoms with van der Waals surface area (Å²) in [7, 11) is 1.68. The summed E-state index contributed by atoms with van der Waals surface area (Å²) >= 11 is 0. The number of ether oxygens (including phenoxy) is 1. The summed E-state index contributed by atoms with van der Waals surface area (Å²) < 4.78 is 5.29. The molecule has 0 aromatic heterocycles. The molecule has 1 heterocycles. The molecule has 2 N–H and O–H groups in total. The highest BCUT2D eigenvalue weighted by Crippen LogP contribution is 2.37. The van der Waals surface area contributed by atoms with Gasteiger partial charge in [-0.25, -0.2) is 0 Å². The molecule has 4 rings (SSSR count). The van der Waals surface area contributed by atoms with Crippen LogP contribution in [0.2, 0.25) is 0 Å². The Morgan fingerprint density at radius 3 is 2.19 bits per heavy atom. The summed E-state index contributed by atoms with van der Waals surface area (Å²) in [6.45, 7) is 0. The van der Waals surface area contributed by atoms with Crippen molar-refractivity contribution < 1.29 is 9.57 Å². The molecule has 27 heavy (non-hydrogen) atoms. The van der Waals surface area contributed by atoms with Crippen LogP contribution < -0.4 is 20.5 Å². The van der Waals surface area contributed by atoms with Crippen molar-refractivity contribution in [2.24, 2.45) is 11.0 Å². The third kappa shape index (κ3) is 3.50. The highest BCUT2D eigenvalue weighted by atomic mass is 16.6. The van der Waals surface area contributed by atoms with E-state index in [0.29, 0.717) is 5.75 Å². The third-order valence-electron chi connectivity index (χ3n) is 4.76. The average molecular weight is 359 g/mol. The molecular formula is C22H21N3O2. The van der Waals surface area contributed by atoms with Crippen LogP contribution in [0.4, 0.5) is 5.69 Å². The van der Waals surface area contributed by atoms with Gasteiger partial charge in [-0.3, -0.25) is 5.01 Å². The first-order valence-corrected chi connectivity index (χ1v) is 8.81. The average Bonchev–Trinajstić information content (AvgIpc) is 3.20. The highest BCUT2D eigenvalue weighted by molar-refractivity contribution is 6.03. The van der Waals surface area contributed by atoms with Gasteiger partial charge in [0.2, 0.25) is 0 Å². The van der Waals surface area contributed by atoms with Crippen LogP contribution >= 0.6 is 0 Å². The van der Waals surface area contributed by atoms with Gasteiger partial charge in [-0.15, -0.1) is 0 Å². The molecule has 0 aliphatic carbocycles. The van der Waals surface area contributed by atoms with E-state index < -0.39 is 0 Å². The quantitative estimate of drug-likeness (QED) is 0.690. The number of hydrogen-bond acceptors (Lipinski definition) is 5. The Morgan fingerprint density at radius 2 is 1.56 bits per heavy atom. The van der Waals surface area contributed by atoms with E-state index in [-0.39, 0.29) is 6.04 Å². The van der Waals surface area contributed by atoms with E-state index in [1.165, 1.54) is 5.56 Å². The van der Waals surface area contributed by atoms with E-state index in [0.717, 1.165) is 29.1 Å². The standard InChI is InChI=1S/C22H21N3O2/c1-26-19-11-7-17(8-12-19)22-15-21(16-5-3-2-4-6-16)24-25(22)18-9-13-20(27-23)14-10-18/h2-14,22H,15,23H2,1H3. The maximum absolute atomic E-state index is 5.29. The number of nitrogens with two attached hydrogens (primary N) is 1. The number of nitrogens with zero attached hydrogens (tertiary/aromatic N) is 2. The summed E-state index contributed by atoms with van der Waals surface area (Å²) in [5.41, 5.74) is 4.38. The van der Waals surface area contributed by atoms with Gasteiger partial charge < -0.3 is 9.57 Å². The van der Waals surface area contributed by atoms with Gasteiger partial charge in [0.15, 0.2) is 0 Å². The van der Waals surface area contributed by atoms with Crippen molar-refractivity contribution in [3.8, 4) is 11.5 Å². The van der Waals surface area contributed by atoms with Crippen molar-refractivity contribution in [2.75, 3.05) is 12.1 Å². The van der Waals surface area contributed by atoms with Crippen molar-refractivity contribution in [2.45, 2.75) is 12.5 Å². The minimum Gasteiger partial charge on any atom is -0.497 e. The molecule has 5 heteroatoms. The number of rotatable bonds is 5. The molecule has 1 atom stereocenters. The summed E-state index contributed by atoms with van der Waals surface area (Å²) in [5.74, 6) is 6.71. The van der Waals surface area contributed by atoms with Gasteiger partial charge in [0.1, 0.15) is 11.5 Å². The van der Waals surface area contributed by atoms with Crippen molar-refractivity contribution in [1.82, 2.24) is 0 Å². The normalized spacial score (nSPS) is 16.1. The fourth-order valence-electron chi connectivity index (χ4n) is 3.32. The van der Waals surface area contributed by atoms with Crippen LogP contribution in [0.25, 0.3) is 0 Å². The van der Waals surface area contributed by atoms with E-state index >= 15 is 0 Å². The van der Waals surface area contributed by atoms with Crippen LogP contribution in [0.1, 0.15) is 23.6 Å². The van der Waals surface area contributed by atoms with Crippen LogP contribution in [0.5, 0.6) is 11.5 Å². The van der Waals surface area contributed by atoms with E-state index in [4.69, 9.17) is 20.6 Å². The lowest BCUT2D eigenvalue weighted by molar-refractivity contribution is 0.334. The topological polar surface area (TPSA) is 60.1 Å². The molecule has 0 fully saturated rings. The summed E-state index contributed by atoms with van der Waals surface area (Å²) in [5, 5.41) is 6.99. The van der Waals surface area contributed by atoms with E-state index in [2.05, 4.69) is 29.3 Å². The second-order valence-electron chi connectivity index (χ2n) is 6.36. The first kappa shape index (κ1) is 17.1. The lowest BCUT2D eigenvalue weighted by atomic mass is 9.98. The Balaban J connectivity index is 1.71. The Bertz CT molecular complexity index is 922. The predicted octanol–water partition coefficient (Wildman–Crippen LogP) is 4.30. The van der Waals surface area contributed by atoms with Crippen molar-refractivity contribution in [3.63, 3.8) is 0 Å². The molecule has 0 saturated heterocycles. The fraction of sp³-hybridized carbons (Fsp3) is 0.136. The maximum Gasteiger partial charge on any atom is 0.146 e. The molecule has 136 valence electrons. The zero-order valence-electron chi connectivity index (χ0n) is 15.1. The molecule has 0 radical (unpaired) electrons. The zero-order chi connectivity index (χ0) is 18.6. The molecule has 3 aromatic rings. The van der Waals surface area contributed by atoms with Gasteiger partial charge in [-0.2, -0.15) is 11.0 Å². The van der Waals surface area contributed by atoms with Crippen LogP contribution in [0.15, 0.2) is 84.0 Å². The number of benzene rings is 3. The summed E-state index contributed by atoms with van der Waals surface area (Å²) in [4.78, 5) is 4.79. The highest BCUT2D eigenvalue weighted by Gasteiger charge is 2.29. The number of anilines is 1. The first-order valence-electron chi connectivity index (χ1n) is 8.81. The minimum atomic E-state index is 0.107. The molecule has 0 spiro atoms. The van der Waals surface area contributed by atoms with Crippen LogP contribution in [0, 0.1) is 0 Å². The second-order valence-corrected chi connectivity index (χ2v) is 6.36. The number of methoxy groups -OCH3 is 1. The molecule has 0 bridgehead atoms. The van der Waals surface area contributed by atoms with Crippen molar-refractivity contribution in [1.29, 1.82) is 0 Å². The largest absolute Gasteiger partial charge is 0.497 e. The van der Waals surface area contributed by atoms with E-state index in [1.54, 1.807) is 7.11 Å². The maximum atomic E-state index is 5.29. The molecule has 3 aromatic carbocycles. The van der Waals surface area contributed by atoms with Gasteiger partial charge in [0.25, 0.3) is 0 Å². The molecule has 0 amide bonds. The Hall–Kier alpha value is -3.31. The molecular weight excluding hydrogens is 338 g/mol. The molecule has 1 unspecified atom stereocenters. The smallest absolute Gasteiger partial charge is 0.146 e. The SMILES string of the molecule is COc1ccc(C2CC(c3ccccc3)=NN2c2ccc(ON)cc2)cc1. The predicted molar refractivity (Wildman–Crippen MR) is 107 cm³/mol. The van der Waals surface area contributed by atoms with E-state index in [9.17, 15) is 0 Å². The lowest BCUT2D eigenvalue weighted by Gasteiger charge is -2.24. The van der Waals surface area contributed by atoms with Crippen molar-refractivity contribution >= 4 is 11.4 Å². The van der Waals surface area contributed by atoms with Crippen LogP contribution in [-0.4, -0.2) is 12.8 Å². The monoisotopic (exact) mass is 359 g/mol. The number of hydrogen-bond donors (Lipinski definition) is 1. The van der Waals surface area contributed by atoms with E-state index in [1.807, 2.05) is 54.6 Å². The van der Waals surface area contributed by atoms with Gasteiger partial charge in [0, 0.05) is 6.42 Å². The van der Waals surface area contributed by atoms with Crippen LogP contribution in [-0.2, 0) is 0 Å². The Kier molecular flexibility index (Phi) is 4.77. The molecule has 5 nitrogen and oxygen atoms in total. The molecule has 0 saturated carbocycles. The molecule has 1 aliphatic heterocycles. The van der Waals surface area contributed by atoms with Crippen molar-refractivity contribution in [3.05, 3.63) is 90.0 Å². The zero-order valence-corrected chi connectivity index (χ0v) is 15.1. The fourth-order valence-corrected chi connectivity index (χ4v) is 3.32. The first-order chi connectivity index (χ1) is 13.3.